The van der Waals surface area contributed by atoms with Gasteiger partial charge in [-0.25, -0.2) is 0 Å². The van der Waals surface area contributed by atoms with E-state index in [0.717, 1.165) is 41.7 Å². The standard InChI is InChI=1S/C16H16N2O2/c1-19-12-6-8-13(9-7-12)20-15-5-3-2-4-14(15)16-17-10-11-18-16/h2-9H,10-11H2,1H3,(H,17,18). The van der Waals surface area contributed by atoms with E-state index in [2.05, 4.69) is 10.3 Å². The number of benzene rings is 2. The molecule has 0 radical (unpaired) electrons. The molecule has 1 N–H and O–H groups in total. The van der Waals surface area contributed by atoms with Crippen LogP contribution in [-0.2, 0) is 0 Å². The average Bonchev–Trinajstić information content (AvgIpc) is 3.03. The quantitative estimate of drug-likeness (QED) is 0.927. The molecule has 3 rings (SSSR count). The van der Waals surface area contributed by atoms with Crippen LogP contribution in [0.4, 0.5) is 0 Å². The second-order valence-electron chi connectivity index (χ2n) is 4.43. The van der Waals surface area contributed by atoms with E-state index in [-0.39, 0.29) is 0 Å². The third-order valence-electron chi connectivity index (χ3n) is 3.10. The molecule has 2 aromatic rings. The largest absolute Gasteiger partial charge is 0.497 e. The fraction of sp³-hybridized carbons (Fsp3) is 0.188. The number of methoxy groups -OCH3 is 1. The van der Waals surface area contributed by atoms with Crippen molar-refractivity contribution in [3.63, 3.8) is 0 Å². The van der Waals surface area contributed by atoms with Crippen molar-refractivity contribution in [1.29, 1.82) is 0 Å². The van der Waals surface area contributed by atoms with Crippen LogP contribution in [0.15, 0.2) is 53.5 Å². The van der Waals surface area contributed by atoms with E-state index < -0.39 is 0 Å². The fourth-order valence-corrected chi connectivity index (χ4v) is 2.10. The summed E-state index contributed by atoms with van der Waals surface area (Å²) in [7, 11) is 1.65. The number of rotatable bonds is 4. The Bertz CT molecular complexity index is 621. The van der Waals surface area contributed by atoms with Crippen LogP contribution >= 0.6 is 0 Å². The first-order valence-corrected chi connectivity index (χ1v) is 6.56. The minimum Gasteiger partial charge on any atom is -0.497 e. The number of hydrogen-bond donors (Lipinski definition) is 1. The van der Waals surface area contributed by atoms with Crippen molar-refractivity contribution >= 4 is 5.84 Å². The summed E-state index contributed by atoms with van der Waals surface area (Å²) in [5.74, 6) is 3.28. The van der Waals surface area contributed by atoms with Crippen molar-refractivity contribution in [1.82, 2.24) is 5.32 Å². The number of amidine groups is 1. The second kappa shape index (κ2) is 5.65. The predicted octanol–water partition coefficient (Wildman–Crippen LogP) is 2.84. The van der Waals surface area contributed by atoms with Gasteiger partial charge >= 0.3 is 0 Å². The Labute approximate surface area is 118 Å². The maximum Gasteiger partial charge on any atom is 0.138 e. The SMILES string of the molecule is COc1ccc(Oc2ccccc2C2=NCCN2)cc1. The Balaban J connectivity index is 1.86. The minimum absolute atomic E-state index is 0.775. The van der Waals surface area contributed by atoms with Gasteiger partial charge in [0.1, 0.15) is 23.1 Å². The Hall–Kier alpha value is -2.49. The second-order valence-corrected chi connectivity index (χ2v) is 4.43. The van der Waals surface area contributed by atoms with Crippen molar-refractivity contribution in [3.8, 4) is 17.2 Å². The lowest BCUT2D eigenvalue weighted by atomic mass is 10.2. The molecule has 0 atom stereocenters. The molecule has 0 unspecified atom stereocenters. The molecule has 1 aliphatic heterocycles. The zero-order valence-corrected chi connectivity index (χ0v) is 11.3. The summed E-state index contributed by atoms with van der Waals surface area (Å²) in [6.07, 6.45) is 0. The lowest BCUT2D eigenvalue weighted by Gasteiger charge is -2.11. The Morgan fingerprint density at radius 1 is 1.00 bits per heavy atom. The van der Waals surface area contributed by atoms with E-state index in [1.165, 1.54) is 0 Å². The van der Waals surface area contributed by atoms with Crippen LogP contribution in [0, 0.1) is 0 Å². The third-order valence-corrected chi connectivity index (χ3v) is 3.10. The first-order valence-electron chi connectivity index (χ1n) is 6.56. The van der Waals surface area contributed by atoms with Gasteiger partial charge in [-0.3, -0.25) is 4.99 Å². The van der Waals surface area contributed by atoms with Crippen molar-refractivity contribution in [2.75, 3.05) is 20.2 Å². The molecule has 102 valence electrons. The van der Waals surface area contributed by atoms with Gasteiger partial charge in [0.15, 0.2) is 0 Å². The molecule has 2 aromatic carbocycles. The number of nitrogens with zero attached hydrogens (tertiary/aromatic N) is 1. The molecule has 4 heteroatoms. The lowest BCUT2D eigenvalue weighted by Crippen LogP contribution is -2.19. The maximum absolute atomic E-state index is 5.95. The molecular weight excluding hydrogens is 252 g/mol. The van der Waals surface area contributed by atoms with E-state index in [1.54, 1.807) is 7.11 Å². The highest BCUT2D eigenvalue weighted by Gasteiger charge is 2.13. The van der Waals surface area contributed by atoms with Gasteiger partial charge in [-0.1, -0.05) is 12.1 Å². The minimum atomic E-state index is 0.775. The van der Waals surface area contributed by atoms with E-state index in [9.17, 15) is 0 Å². The topological polar surface area (TPSA) is 42.9 Å². The Kier molecular flexibility index (Phi) is 3.54. The summed E-state index contributed by atoms with van der Waals surface area (Å²) in [5, 5.41) is 3.27. The monoisotopic (exact) mass is 268 g/mol. The van der Waals surface area contributed by atoms with Gasteiger partial charge in [0.25, 0.3) is 0 Å². The zero-order chi connectivity index (χ0) is 13.8. The van der Waals surface area contributed by atoms with Crippen LogP contribution in [-0.4, -0.2) is 26.0 Å². The van der Waals surface area contributed by atoms with Gasteiger partial charge in [-0.15, -0.1) is 0 Å². The molecule has 0 saturated heterocycles. The molecule has 0 saturated carbocycles. The molecule has 0 fully saturated rings. The molecule has 0 aliphatic carbocycles. The molecule has 0 spiro atoms. The highest BCUT2D eigenvalue weighted by molar-refractivity contribution is 6.02. The summed E-state index contributed by atoms with van der Waals surface area (Å²) in [6, 6.07) is 15.4. The van der Waals surface area contributed by atoms with Gasteiger partial charge in [-0.05, 0) is 36.4 Å². The van der Waals surface area contributed by atoms with Crippen LogP contribution in [0.2, 0.25) is 0 Å². The number of nitrogens with one attached hydrogen (secondary N) is 1. The molecular formula is C16H16N2O2. The van der Waals surface area contributed by atoms with Crippen molar-refractivity contribution in [2.45, 2.75) is 0 Å². The lowest BCUT2D eigenvalue weighted by molar-refractivity contribution is 0.413. The van der Waals surface area contributed by atoms with Gasteiger partial charge in [0.05, 0.1) is 19.2 Å². The van der Waals surface area contributed by atoms with Crippen LogP contribution in [0.1, 0.15) is 5.56 Å². The first kappa shape index (κ1) is 12.5. The normalized spacial score (nSPS) is 13.6. The van der Waals surface area contributed by atoms with E-state index in [4.69, 9.17) is 9.47 Å². The molecule has 1 aliphatic rings. The molecule has 4 nitrogen and oxygen atoms in total. The number of hydrogen-bond acceptors (Lipinski definition) is 4. The molecule has 20 heavy (non-hydrogen) atoms. The summed E-state index contributed by atoms with van der Waals surface area (Å²) >= 11 is 0. The van der Waals surface area contributed by atoms with Crippen LogP contribution in [0.25, 0.3) is 0 Å². The summed E-state index contributed by atoms with van der Waals surface area (Å²) in [4.78, 5) is 4.44. The molecule has 1 heterocycles. The van der Waals surface area contributed by atoms with Crippen LogP contribution in [0.5, 0.6) is 17.2 Å². The smallest absolute Gasteiger partial charge is 0.138 e. The first-order chi connectivity index (χ1) is 9.86. The van der Waals surface area contributed by atoms with Gasteiger partial charge in [0.2, 0.25) is 0 Å². The van der Waals surface area contributed by atoms with E-state index in [1.807, 2.05) is 48.5 Å². The van der Waals surface area contributed by atoms with Gasteiger partial charge in [0, 0.05) is 6.54 Å². The maximum atomic E-state index is 5.95. The zero-order valence-electron chi connectivity index (χ0n) is 11.3. The summed E-state index contributed by atoms with van der Waals surface area (Å²) in [5.41, 5.74) is 0.987. The predicted molar refractivity (Wildman–Crippen MR) is 78.9 cm³/mol. The van der Waals surface area contributed by atoms with Crippen molar-refractivity contribution in [2.24, 2.45) is 4.99 Å². The van der Waals surface area contributed by atoms with Gasteiger partial charge < -0.3 is 14.8 Å². The van der Waals surface area contributed by atoms with E-state index >= 15 is 0 Å². The highest BCUT2D eigenvalue weighted by atomic mass is 16.5. The molecule has 0 bridgehead atoms. The number of ether oxygens (including phenoxy) is 2. The Morgan fingerprint density at radius 2 is 1.75 bits per heavy atom. The summed E-state index contributed by atoms with van der Waals surface area (Å²) in [6.45, 7) is 1.69. The van der Waals surface area contributed by atoms with Gasteiger partial charge in [-0.2, -0.15) is 0 Å². The Morgan fingerprint density at radius 3 is 2.45 bits per heavy atom. The van der Waals surface area contributed by atoms with Crippen LogP contribution < -0.4 is 14.8 Å². The number of aliphatic imine (C=N–C) groups is 1. The highest BCUT2D eigenvalue weighted by Crippen LogP contribution is 2.27. The van der Waals surface area contributed by atoms with Crippen molar-refractivity contribution < 1.29 is 9.47 Å². The third kappa shape index (κ3) is 2.59. The van der Waals surface area contributed by atoms with Crippen molar-refractivity contribution in [3.05, 3.63) is 54.1 Å². The average molecular weight is 268 g/mol. The molecule has 0 aromatic heterocycles. The number of para-hydroxylation sites is 1. The van der Waals surface area contributed by atoms with Crippen LogP contribution in [0.3, 0.4) is 0 Å². The molecule has 0 amide bonds. The van der Waals surface area contributed by atoms with E-state index in [0.29, 0.717) is 0 Å². The summed E-state index contributed by atoms with van der Waals surface area (Å²) < 4.78 is 11.1. The fourth-order valence-electron chi connectivity index (χ4n) is 2.10.